The molecular weight excluding hydrogens is 232 g/mol. The molecule has 0 radical (unpaired) electrons. The van der Waals surface area contributed by atoms with E-state index >= 15 is 0 Å². The van der Waals surface area contributed by atoms with Crippen molar-refractivity contribution in [1.29, 1.82) is 0 Å². The van der Waals surface area contributed by atoms with Gasteiger partial charge in [-0.25, -0.2) is 0 Å². The summed E-state index contributed by atoms with van der Waals surface area (Å²) in [5, 5.41) is 14.1. The highest BCUT2D eigenvalue weighted by atomic mass is 16.6. The van der Waals surface area contributed by atoms with Crippen molar-refractivity contribution in [1.82, 2.24) is 5.32 Å². The second-order valence-electron chi connectivity index (χ2n) is 4.30. The van der Waals surface area contributed by atoms with Crippen molar-refractivity contribution >= 4 is 5.69 Å². The molecule has 1 aromatic rings. The fourth-order valence-electron chi connectivity index (χ4n) is 1.65. The Morgan fingerprint density at radius 2 is 2.33 bits per heavy atom. The minimum absolute atomic E-state index is 0.0913. The van der Waals surface area contributed by atoms with Crippen molar-refractivity contribution in [2.45, 2.75) is 25.4 Å². The summed E-state index contributed by atoms with van der Waals surface area (Å²) in [7, 11) is 0. The third kappa shape index (κ3) is 3.30. The molecule has 1 aliphatic carbocycles. The van der Waals surface area contributed by atoms with Crippen LogP contribution in [-0.4, -0.2) is 17.6 Å². The normalized spacial score (nSPS) is 14.2. The number of benzene rings is 1. The number of hydrogen-bond donors (Lipinski definition) is 1. The third-order valence-electron chi connectivity index (χ3n) is 2.77. The summed E-state index contributed by atoms with van der Waals surface area (Å²) in [4.78, 5) is 10.4. The Labute approximate surface area is 106 Å². The van der Waals surface area contributed by atoms with E-state index in [2.05, 4.69) is 11.9 Å². The minimum atomic E-state index is -0.391. The number of nitro benzene ring substituents is 1. The maximum Gasteiger partial charge on any atom is 0.270 e. The van der Waals surface area contributed by atoms with Gasteiger partial charge >= 0.3 is 0 Å². The predicted molar refractivity (Wildman–Crippen MR) is 68.7 cm³/mol. The van der Waals surface area contributed by atoms with Crippen molar-refractivity contribution in [3.05, 3.63) is 46.5 Å². The first kappa shape index (κ1) is 12.6. The average Bonchev–Trinajstić information content (AvgIpc) is 3.18. The number of nitrogens with zero attached hydrogens (tertiary/aromatic N) is 1. The number of ether oxygens (including phenoxy) is 1. The molecule has 0 heterocycles. The van der Waals surface area contributed by atoms with Crippen LogP contribution in [0.2, 0.25) is 0 Å². The molecule has 0 bridgehead atoms. The molecule has 18 heavy (non-hydrogen) atoms. The van der Waals surface area contributed by atoms with Gasteiger partial charge in [0.05, 0.1) is 4.92 Å². The molecule has 0 aromatic heterocycles. The number of nitro groups is 1. The van der Waals surface area contributed by atoms with Gasteiger partial charge in [-0.05, 0) is 18.9 Å². The number of nitrogens with one attached hydrogen (secondary N) is 1. The lowest BCUT2D eigenvalue weighted by Crippen LogP contribution is -2.16. The van der Waals surface area contributed by atoms with E-state index in [-0.39, 0.29) is 5.69 Å². The Morgan fingerprint density at radius 1 is 1.56 bits per heavy atom. The van der Waals surface area contributed by atoms with Crippen LogP contribution in [-0.2, 0) is 6.54 Å². The summed E-state index contributed by atoms with van der Waals surface area (Å²) >= 11 is 0. The summed E-state index contributed by atoms with van der Waals surface area (Å²) in [6, 6.07) is 5.22. The Hall–Kier alpha value is -1.88. The zero-order valence-electron chi connectivity index (χ0n) is 10.1. The first-order valence-corrected chi connectivity index (χ1v) is 5.95. The van der Waals surface area contributed by atoms with Crippen LogP contribution in [0, 0.1) is 10.1 Å². The van der Waals surface area contributed by atoms with Crippen LogP contribution in [0.4, 0.5) is 5.69 Å². The lowest BCUT2D eigenvalue weighted by Gasteiger charge is -2.10. The SMILES string of the molecule is C=CCOc1ccc([N+](=O)[O-])cc1CNC1CC1. The monoisotopic (exact) mass is 248 g/mol. The van der Waals surface area contributed by atoms with E-state index in [4.69, 9.17) is 4.74 Å². The Bertz CT molecular complexity index is 456. The molecule has 1 saturated carbocycles. The first-order valence-electron chi connectivity index (χ1n) is 5.95. The van der Waals surface area contributed by atoms with Gasteiger partial charge in [0.1, 0.15) is 12.4 Å². The molecule has 5 nitrogen and oxygen atoms in total. The van der Waals surface area contributed by atoms with Gasteiger partial charge in [-0.2, -0.15) is 0 Å². The minimum Gasteiger partial charge on any atom is -0.489 e. The van der Waals surface area contributed by atoms with Gasteiger partial charge in [-0.1, -0.05) is 12.7 Å². The van der Waals surface area contributed by atoms with Gasteiger partial charge in [0, 0.05) is 30.3 Å². The highest BCUT2D eigenvalue weighted by Crippen LogP contribution is 2.26. The van der Waals surface area contributed by atoms with Crippen molar-refractivity contribution in [2.75, 3.05) is 6.61 Å². The molecule has 0 saturated heterocycles. The zero-order valence-corrected chi connectivity index (χ0v) is 10.1. The lowest BCUT2D eigenvalue weighted by atomic mass is 10.1. The van der Waals surface area contributed by atoms with Crippen LogP contribution in [0.3, 0.4) is 0 Å². The highest BCUT2D eigenvalue weighted by molar-refractivity contribution is 5.44. The molecular formula is C13H16N2O3. The fourth-order valence-corrected chi connectivity index (χ4v) is 1.65. The largest absolute Gasteiger partial charge is 0.489 e. The molecule has 0 unspecified atom stereocenters. The molecule has 5 heteroatoms. The van der Waals surface area contributed by atoms with E-state index in [1.54, 1.807) is 18.2 Å². The van der Waals surface area contributed by atoms with E-state index in [0.717, 1.165) is 5.56 Å². The molecule has 0 amide bonds. The van der Waals surface area contributed by atoms with Gasteiger partial charge in [-0.15, -0.1) is 0 Å². The van der Waals surface area contributed by atoms with E-state index in [0.29, 0.717) is 24.9 Å². The topological polar surface area (TPSA) is 64.4 Å². The molecule has 96 valence electrons. The maximum absolute atomic E-state index is 10.8. The Morgan fingerprint density at radius 3 is 2.94 bits per heavy atom. The van der Waals surface area contributed by atoms with Gasteiger partial charge in [-0.3, -0.25) is 10.1 Å². The summed E-state index contributed by atoms with van der Waals surface area (Å²) in [5.74, 6) is 0.675. The lowest BCUT2D eigenvalue weighted by molar-refractivity contribution is -0.384. The first-order chi connectivity index (χ1) is 8.70. The average molecular weight is 248 g/mol. The third-order valence-corrected chi connectivity index (χ3v) is 2.77. The zero-order chi connectivity index (χ0) is 13.0. The molecule has 0 atom stereocenters. The predicted octanol–water partition coefficient (Wildman–Crippen LogP) is 2.41. The second-order valence-corrected chi connectivity index (χ2v) is 4.30. The van der Waals surface area contributed by atoms with Crippen molar-refractivity contribution in [3.8, 4) is 5.75 Å². The smallest absolute Gasteiger partial charge is 0.270 e. The van der Waals surface area contributed by atoms with E-state index in [1.807, 2.05) is 0 Å². The van der Waals surface area contributed by atoms with Crippen molar-refractivity contribution in [3.63, 3.8) is 0 Å². The second kappa shape index (κ2) is 5.64. The molecule has 0 aliphatic heterocycles. The molecule has 1 N–H and O–H groups in total. The summed E-state index contributed by atoms with van der Waals surface area (Å²) < 4.78 is 5.49. The molecule has 0 spiro atoms. The van der Waals surface area contributed by atoms with Crippen LogP contribution in [0.15, 0.2) is 30.9 Å². The van der Waals surface area contributed by atoms with E-state index in [1.165, 1.54) is 18.9 Å². The van der Waals surface area contributed by atoms with Gasteiger partial charge in [0.2, 0.25) is 0 Å². The van der Waals surface area contributed by atoms with Crippen molar-refractivity contribution < 1.29 is 9.66 Å². The van der Waals surface area contributed by atoms with Crippen LogP contribution < -0.4 is 10.1 Å². The Balaban J connectivity index is 2.14. The van der Waals surface area contributed by atoms with Gasteiger partial charge in [0.25, 0.3) is 5.69 Å². The van der Waals surface area contributed by atoms with E-state index < -0.39 is 4.92 Å². The number of non-ortho nitro benzene ring substituents is 1. The van der Waals surface area contributed by atoms with Crippen LogP contribution >= 0.6 is 0 Å². The van der Waals surface area contributed by atoms with Crippen molar-refractivity contribution in [2.24, 2.45) is 0 Å². The fraction of sp³-hybridized carbons (Fsp3) is 0.385. The van der Waals surface area contributed by atoms with Crippen LogP contribution in [0.25, 0.3) is 0 Å². The van der Waals surface area contributed by atoms with Gasteiger partial charge in [0.15, 0.2) is 0 Å². The quantitative estimate of drug-likeness (QED) is 0.457. The molecule has 1 fully saturated rings. The molecule has 2 rings (SSSR count). The summed E-state index contributed by atoms with van der Waals surface area (Å²) in [6.45, 7) is 4.58. The van der Waals surface area contributed by atoms with Crippen LogP contribution in [0.5, 0.6) is 5.75 Å². The number of hydrogen-bond acceptors (Lipinski definition) is 4. The van der Waals surface area contributed by atoms with Crippen LogP contribution in [0.1, 0.15) is 18.4 Å². The van der Waals surface area contributed by atoms with E-state index in [9.17, 15) is 10.1 Å². The maximum atomic E-state index is 10.8. The summed E-state index contributed by atoms with van der Waals surface area (Å²) in [5.41, 5.74) is 0.909. The molecule has 1 aromatic carbocycles. The van der Waals surface area contributed by atoms with Gasteiger partial charge < -0.3 is 10.1 Å². The standard InChI is InChI=1S/C13H16N2O3/c1-2-7-18-13-6-5-12(15(16)17)8-10(13)9-14-11-3-4-11/h2,5-6,8,11,14H,1,3-4,7,9H2. The number of rotatable bonds is 7. The Kier molecular flexibility index (Phi) is 3.94. The molecule has 1 aliphatic rings. The highest BCUT2D eigenvalue weighted by Gasteiger charge is 2.21. The summed E-state index contributed by atoms with van der Waals surface area (Å²) in [6.07, 6.45) is 4.01.